The molecule has 0 aliphatic carbocycles. The molecule has 3 heteroatoms. The smallest absolute Gasteiger partial charge is 0.323 e. The van der Waals surface area contributed by atoms with Crippen molar-refractivity contribution in [2.24, 2.45) is 0 Å². The maximum Gasteiger partial charge on any atom is 0.336 e. The number of hydrogen-bond donors (Lipinski definition) is 0. The van der Waals surface area contributed by atoms with Crippen molar-refractivity contribution in [3.05, 3.63) is 30.3 Å². The highest BCUT2D eigenvalue weighted by molar-refractivity contribution is 9.24. The van der Waals surface area contributed by atoms with Crippen LogP contribution < -0.4 is 5.46 Å². The van der Waals surface area contributed by atoms with Crippen LogP contribution in [-0.4, -0.2) is 22.6 Å². The quantitative estimate of drug-likeness (QED) is 0.724. The van der Waals surface area contributed by atoms with Gasteiger partial charge in [0.05, 0.1) is 0 Å². The zero-order valence-corrected chi connectivity index (χ0v) is 12.9. The molecule has 94 valence electrons. The van der Waals surface area contributed by atoms with E-state index in [9.17, 15) is 0 Å². The Kier molecular flexibility index (Phi) is 6.28. The first kappa shape index (κ1) is 14.8. The monoisotopic (exact) mass is 295 g/mol. The average Bonchev–Trinajstić information content (AvgIpc) is 2.39. The molecule has 0 fully saturated rings. The lowest BCUT2D eigenvalue weighted by molar-refractivity contribution is 0.269. The van der Waals surface area contributed by atoms with Gasteiger partial charge in [-0.25, -0.2) is 0 Å². The van der Waals surface area contributed by atoms with Crippen molar-refractivity contribution >= 4 is 26.9 Å². The maximum atomic E-state index is 3.86. The predicted molar refractivity (Wildman–Crippen MR) is 82.1 cm³/mol. The Balaban J connectivity index is 2.90. The normalized spacial score (nSPS) is 14.7. The summed E-state index contributed by atoms with van der Waals surface area (Å²) >= 11 is 3.86. The number of rotatable bonds is 6. The Bertz CT molecular complexity index is 307. The Labute approximate surface area is 115 Å². The molecular formula is C14H23BBrN. The van der Waals surface area contributed by atoms with E-state index < -0.39 is 0 Å². The zero-order chi connectivity index (χ0) is 12.8. The minimum Gasteiger partial charge on any atom is -0.323 e. The summed E-state index contributed by atoms with van der Waals surface area (Å²) in [5.41, 5.74) is 1.65. The van der Waals surface area contributed by atoms with Gasteiger partial charge >= 0.3 is 5.67 Å². The van der Waals surface area contributed by atoms with Crippen LogP contribution in [0.5, 0.6) is 0 Å². The molecule has 0 radical (unpaired) electrons. The summed E-state index contributed by atoms with van der Waals surface area (Å²) in [5, 5.41) is 0. The maximum absolute atomic E-state index is 3.86. The first-order valence-corrected chi connectivity index (χ1v) is 7.49. The van der Waals surface area contributed by atoms with E-state index in [0.29, 0.717) is 17.8 Å². The molecule has 0 bridgehead atoms. The fourth-order valence-corrected chi connectivity index (χ4v) is 3.20. The second kappa shape index (κ2) is 7.22. The van der Waals surface area contributed by atoms with Gasteiger partial charge in [0.25, 0.3) is 0 Å². The van der Waals surface area contributed by atoms with Crippen LogP contribution in [0.15, 0.2) is 30.3 Å². The van der Waals surface area contributed by atoms with Gasteiger partial charge in [-0.1, -0.05) is 63.5 Å². The summed E-state index contributed by atoms with van der Waals surface area (Å²) < 4.78 is 0. The minimum atomic E-state index is 0.314. The van der Waals surface area contributed by atoms with Gasteiger partial charge in [-0.3, -0.25) is 0 Å². The van der Waals surface area contributed by atoms with E-state index in [2.05, 4.69) is 78.6 Å². The molecule has 0 aliphatic heterocycles. The molecule has 0 aromatic heterocycles. The van der Waals surface area contributed by atoms with Crippen molar-refractivity contribution in [2.75, 3.05) is 0 Å². The van der Waals surface area contributed by atoms with Gasteiger partial charge in [-0.15, -0.1) is 15.8 Å². The molecule has 17 heavy (non-hydrogen) atoms. The van der Waals surface area contributed by atoms with E-state index in [1.54, 1.807) is 0 Å². The zero-order valence-electron chi connectivity index (χ0n) is 11.4. The van der Waals surface area contributed by atoms with E-state index in [1.807, 2.05) is 0 Å². The SMILES string of the molecule is CCC(C)N(B(Br)c1ccccc1)C(C)CC. The van der Waals surface area contributed by atoms with Crippen LogP contribution in [-0.2, 0) is 0 Å². The van der Waals surface area contributed by atoms with Gasteiger partial charge in [0.15, 0.2) is 0 Å². The summed E-state index contributed by atoms with van der Waals surface area (Å²) in [6.45, 7) is 9.13. The standard InChI is InChI=1S/C14H23BBrN/c1-5-12(3)17(13(4)6-2)15(16)14-10-8-7-9-11-14/h7-13H,5-6H2,1-4H3. The second-order valence-electron chi connectivity index (χ2n) is 4.71. The van der Waals surface area contributed by atoms with Crippen molar-refractivity contribution in [3.63, 3.8) is 0 Å². The third-order valence-corrected chi connectivity index (χ3v) is 4.54. The number of nitrogens with zero attached hydrogens (tertiary/aromatic N) is 1. The van der Waals surface area contributed by atoms with Crippen molar-refractivity contribution < 1.29 is 0 Å². The first-order chi connectivity index (χ1) is 8.11. The molecular weight excluding hydrogens is 273 g/mol. The Morgan fingerprint density at radius 1 is 1.06 bits per heavy atom. The highest BCUT2D eigenvalue weighted by Crippen LogP contribution is 2.17. The molecule has 0 amide bonds. The van der Waals surface area contributed by atoms with E-state index in [-0.39, 0.29) is 0 Å². The third-order valence-electron chi connectivity index (χ3n) is 3.54. The van der Waals surface area contributed by atoms with Crippen molar-refractivity contribution in [2.45, 2.75) is 52.6 Å². The van der Waals surface area contributed by atoms with Gasteiger partial charge in [-0.05, 0) is 24.9 Å². The lowest BCUT2D eigenvalue weighted by Gasteiger charge is -2.36. The van der Waals surface area contributed by atoms with Crippen molar-refractivity contribution in [3.8, 4) is 0 Å². The number of hydrogen-bond acceptors (Lipinski definition) is 1. The summed E-state index contributed by atoms with van der Waals surface area (Å²) in [5.74, 6) is 0. The van der Waals surface area contributed by atoms with Gasteiger partial charge in [0.1, 0.15) is 0 Å². The van der Waals surface area contributed by atoms with Crippen LogP contribution in [0.1, 0.15) is 40.5 Å². The van der Waals surface area contributed by atoms with Crippen molar-refractivity contribution in [1.29, 1.82) is 0 Å². The summed E-state index contributed by atoms with van der Waals surface area (Å²) in [6, 6.07) is 11.8. The summed E-state index contributed by atoms with van der Waals surface area (Å²) in [4.78, 5) is 2.56. The van der Waals surface area contributed by atoms with E-state index in [0.717, 1.165) is 0 Å². The van der Waals surface area contributed by atoms with E-state index in [1.165, 1.54) is 18.3 Å². The Morgan fingerprint density at radius 3 is 1.94 bits per heavy atom. The second-order valence-corrected chi connectivity index (χ2v) is 5.58. The molecule has 0 spiro atoms. The van der Waals surface area contributed by atoms with Crippen LogP contribution in [0.4, 0.5) is 0 Å². The molecule has 2 unspecified atom stereocenters. The van der Waals surface area contributed by atoms with Crippen LogP contribution in [0, 0.1) is 0 Å². The topological polar surface area (TPSA) is 3.24 Å². The Morgan fingerprint density at radius 2 is 1.53 bits per heavy atom. The highest BCUT2D eigenvalue weighted by atomic mass is 79.9. The van der Waals surface area contributed by atoms with Crippen LogP contribution in [0.3, 0.4) is 0 Å². The fourth-order valence-electron chi connectivity index (χ4n) is 2.09. The molecule has 0 N–H and O–H groups in total. The average molecular weight is 296 g/mol. The molecule has 1 rings (SSSR count). The molecule has 0 heterocycles. The lowest BCUT2D eigenvalue weighted by atomic mass is 9.76. The fraction of sp³-hybridized carbons (Fsp3) is 0.571. The summed E-state index contributed by atoms with van der Waals surface area (Å²) in [6.07, 6.45) is 2.36. The number of benzene rings is 1. The van der Waals surface area contributed by atoms with Crippen LogP contribution in [0.25, 0.3) is 0 Å². The Hall–Kier alpha value is -0.275. The molecule has 0 saturated heterocycles. The van der Waals surface area contributed by atoms with Crippen LogP contribution in [0.2, 0.25) is 0 Å². The molecule has 2 atom stereocenters. The molecule has 1 aromatic rings. The molecule has 0 aliphatic rings. The van der Waals surface area contributed by atoms with Gasteiger partial charge in [0.2, 0.25) is 0 Å². The van der Waals surface area contributed by atoms with Gasteiger partial charge in [0, 0.05) is 0 Å². The minimum absolute atomic E-state index is 0.314. The summed E-state index contributed by atoms with van der Waals surface area (Å²) in [7, 11) is 0. The highest BCUT2D eigenvalue weighted by Gasteiger charge is 2.29. The number of halogens is 1. The largest absolute Gasteiger partial charge is 0.336 e. The van der Waals surface area contributed by atoms with Crippen LogP contribution >= 0.6 is 15.8 Å². The first-order valence-electron chi connectivity index (χ1n) is 6.58. The predicted octanol–water partition coefficient (Wildman–Crippen LogP) is 3.68. The lowest BCUT2D eigenvalue weighted by Crippen LogP contribution is -2.52. The molecule has 1 nitrogen and oxygen atoms in total. The van der Waals surface area contributed by atoms with E-state index in [4.69, 9.17) is 0 Å². The van der Waals surface area contributed by atoms with Crippen molar-refractivity contribution in [1.82, 2.24) is 4.81 Å². The third kappa shape index (κ3) is 3.85. The van der Waals surface area contributed by atoms with Gasteiger partial charge < -0.3 is 4.81 Å². The molecule has 1 aromatic carbocycles. The van der Waals surface area contributed by atoms with Gasteiger partial charge in [-0.2, -0.15) is 0 Å². The van der Waals surface area contributed by atoms with E-state index >= 15 is 0 Å². The molecule has 0 saturated carbocycles.